The zero-order chi connectivity index (χ0) is 7.84. The van der Waals surface area contributed by atoms with Crippen molar-refractivity contribution in [3.63, 3.8) is 0 Å². The number of hydrogen-bond acceptors (Lipinski definition) is 1. The Morgan fingerprint density at radius 1 is 1.45 bits per heavy atom. The van der Waals surface area contributed by atoms with E-state index < -0.39 is 0 Å². The third kappa shape index (κ3) is 1.01. The second-order valence-corrected chi connectivity index (χ2v) is 3.40. The molecule has 0 heterocycles. The summed E-state index contributed by atoms with van der Waals surface area (Å²) in [7, 11) is 0. The number of nitrogen functional groups attached to an aromatic ring is 1. The lowest BCUT2D eigenvalue weighted by Gasteiger charge is -2.03. The van der Waals surface area contributed by atoms with E-state index in [1.54, 1.807) is 0 Å². The third-order valence-corrected chi connectivity index (χ3v) is 2.54. The quantitative estimate of drug-likeness (QED) is 0.560. The van der Waals surface area contributed by atoms with Crippen LogP contribution in [0.25, 0.3) is 0 Å². The number of benzene rings is 1. The van der Waals surface area contributed by atoms with Gasteiger partial charge < -0.3 is 5.73 Å². The Hall–Kier alpha value is -0.980. The van der Waals surface area contributed by atoms with Crippen LogP contribution < -0.4 is 5.73 Å². The van der Waals surface area contributed by atoms with Gasteiger partial charge in [0.1, 0.15) is 0 Å². The molecule has 58 valence electrons. The Bertz CT molecular complexity index is 278. The Morgan fingerprint density at radius 2 is 2.27 bits per heavy atom. The van der Waals surface area contributed by atoms with Gasteiger partial charge in [0.25, 0.3) is 0 Å². The molecule has 0 aliphatic heterocycles. The van der Waals surface area contributed by atoms with E-state index >= 15 is 0 Å². The lowest BCUT2D eigenvalue weighted by atomic mass is 10.0. The van der Waals surface area contributed by atoms with Gasteiger partial charge in [-0.15, -0.1) is 0 Å². The summed E-state index contributed by atoms with van der Waals surface area (Å²) in [4.78, 5) is 0. The maximum absolute atomic E-state index is 5.68. The largest absolute Gasteiger partial charge is 0.399 e. The van der Waals surface area contributed by atoms with Crippen LogP contribution >= 0.6 is 0 Å². The summed E-state index contributed by atoms with van der Waals surface area (Å²) in [6.07, 6.45) is 2.50. The van der Waals surface area contributed by atoms with Crippen molar-refractivity contribution in [2.24, 2.45) is 0 Å². The number of fused-ring (bicyclic) bond motifs is 1. The smallest absolute Gasteiger partial charge is 0.0316 e. The van der Waals surface area contributed by atoms with Crippen LogP contribution in [0.4, 0.5) is 5.69 Å². The number of hydrogen-bond donors (Lipinski definition) is 1. The molecule has 0 fully saturated rings. The van der Waals surface area contributed by atoms with Crippen molar-refractivity contribution in [3.8, 4) is 0 Å². The summed E-state index contributed by atoms with van der Waals surface area (Å²) in [6, 6.07) is 6.28. The Kier molecular flexibility index (Phi) is 1.38. The van der Waals surface area contributed by atoms with E-state index in [4.69, 9.17) is 5.73 Å². The minimum Gasteiger partial charge on any atom is -0.399 e. The molecule has 0 amide bonds. The van der Waals surface area contributed by atoms with Crippen molar-refractivity contribution >= 4 is 5.69 Å². The Labute approximate surface area is 67.2 Å². The maximum Gasteiger partial charge on any atom is 0.0316 e. The molecule has 1 aromatic rings. The molecule has 0 spiro atoms. The van der Waals surface area contributed by atoms with Crippen molar-refractivity contribution in [1.82, 2.24) is 0 Å². The highest BCUT2D eigenvalue weighted by Gasteiger charge is 2.17. The second-order valence-electron chi connectivity index (χ2n) is 3.40. The molecule has 1 aliphatic carbocycles. The summed E-state index contributed by atoms with van der Waals surface area (Å²) < 4.78 is 0. The molecule has 0 radical (unpaired) electrons. The summed E-state index contributed by atoms with van der Waals surface area (Å²) in [5, 5.41) is 0. The van der Waals surface area contributed by atoms with Crippen LogP contribution in [0.5, 0.6) is 0 Å². The fourth-order valence-corrected chi connectivity index (χ4v) is 1.85. The van der Waals surface area contributed by atoms with Gasteiger partial charge in [0.15, 0.2) is 0 Å². The highest BCUT2D eigenvalue weighted by atomic mass is 14.5. The molecule has 1 aromatic carbocycles. The van der Waals surface area contributed by atoms with Gasteiger partial charge in [0.2, 0.25) is 0 Å². The lowest BCUT2D eigenvalue weighted by Crippen LogP contribution is -1.89. The molecule has 1 aliphatic rings. The van der Waals surface area contributed by atoms with Gasteiger partial charge in [-0.05, 0) is 42.0 Å². The van der Waals surface area contributed by atoms with E-state index in [9.17, 15) is 0 Å². The molecule has 1 heteroatoms. The molecular weight excluding hydrogens is 134 g/mol. The van der Waals surface area contributed by atoms with Crippen LogP contribution in [-0.4, -0.2) is 0 Å². The zero-order valence-electron chi connectivity index (χ0n) is 6.80. The van der Waals surface area contributed by atoms with Gasteiger partial charge in [-0.2, -0.15) is 0 Å². The van der Waals surface area contributed by atoms with Gasteiger partial charge in [-0.1, -0.05) is 13.0 Å². The number of aryl methyl sites for hydroxylation is 1. The first-order valence-corrected chi connectivity index (χ1v) is 4.15. The van der Waals surface area contributed by atoms with E-state index in [0.717, 1.165) is 11.6 Å². The van der Waals surface area contributed by atoms with Gasteiger partial charge >= 0.3 is 0 Å². The average molecular weight is 147 g/mol. The molecule has 1 unspecified atom stereocenters. The predicted octanol–water partition coefficient (Wildman–Crippen LogP) is 2.32. The minimum atomic E-state index is 0.741. The van der Waals surface area contributed by atoms with Gasteiger partial charge in [0, 0.05) is 5.69 Å². The Morgan fingerprint density at radius 3 is 3.09 bits per heavy atom. The molecule has 1 atom stereocenters. The SMILES string of the molecule is CC1CCc2cc(N)ccc21. The van der Waals surface area contributed by atoms with E-state index in [1.165, 1.54) is 24.0 Å². The normalized spacial score (nSPS) is 21.7. The molecule has 0 aromatic heterocycles. The van der Waals surface area contributed by atoms with Crippen molar-refractivity contribution < 1.29 is 0 Å². The summed E-state index contributed by atoms with van der Waals surface area (Å²) in [5.41, 5.74) is 9.53. The minimum absolute atomic E-state index is 0.741. The van der Waals surface area contributed by atoms with Crippen molar-refractivity contribution in [1.29, 1.82) is 0 Å². The Balaban J connectivity index is 2.50. The summed E-state index contributed by atoms with van der Waals surface area (Å²) in [6.45, 7) is 2.28. The average Bonchev–Trinajstić information content (AvgIpc) is 2.32. The van der Waals surface area contributed by atoms with Gasteiger partial charge in [0.05, 0.1) is 0 Å². The standard InChI is InChI=1S/C10H13N/c1-7-2-3-8-6-9(11)4-5-10(7)8/h4-7H,2-3,11H2,1H3. The second kappa shape index (κ2) is 2.26. The van der Waals surface area contributed by atoms with Gasteiger partial charge in [-0.3, -0.25) is 0 Å². The number of nitrogens with two attached hydrogens (primary N) is 1. The van der Waals surface area contributed by atoms with E-state index in [1.807, 2.05) is 6.07 Å². The van der Waals surface area contributed by atoms with Crippen LogP contribution in [0.3, 0.4) is 0 Å². The fraction of sp³-hybridized carbons (Fsp3) is 0.400. The van der Waals surface area contributed by atoms with Crippen LogP contribution in [-0.2, 0) is 6.42 Å². The molecular formula is C10H13N. The third-order valence-electron chi connectivity index (χ3n) is 2.54. The summed E-state index contributed by atoms with van der Waals surface area (Å²) >= 11 is 0. The first-order chi connectivity index (χ1) is 5.27. The molecule has 2 rings (SSSR count). The van der Waals surface area contributed by atoms with E-state index in [2.05, 4.69) is 19.1 Å². The number of rotatable bonds is 0. The molecule has 0 bridgehead atoms. The van der Waals surface area contributed by atoms with Crippen molar-refractivity contribution in [2.75, 3.05) is 5.73 Å². The summed E-state index contributed by atoms with van der Waals surface area (Å²) in [5.74, 6) is 0.741. The monoisotopic (exact) mass is 147 g/mol. The van der Waals surface area contributed by atoms with Crippen molar-refractivity contribution in [3.05, 3.63) is 29.3 Å². The first kappa shape index (κ1) is 6.71. The van der Waals surface area contributed by atoms with E-state index in [0.29, 0.717) is 0 Å². The lowest BCUT2D eigenvalue weighted by molar-refractivity contribution is 0.747. The van der Waals surface area contributed by atoms with Gasteiger partial charge in [-0.25, -0.2) is 0 Å². The number of anilines is 1. The fourth-order valence-electron chi connectivity index (χ4n) is 1.85. The van der Waals surface area contributed by atoms with E-state index in [-0.39, 0.29) is 0 Å². The predicted molar refractivity (Wildman–Crippen MR) is 47.6 cm³/mol. The van der Waals surface area contributed by atoms with Crippen LogP contribution in [0.15, 0.2) is 18.2 Å². The highest BCUT2D eigenvalue weighted by Crippen LogP contribution is 2.33. The van der Waals surface area contributed by atoms with Crippen LogP contribution in [0.2, 0.25) is 0 Å². The first-order valence-electron chi connectivity index (χ1n) is 4.15. The van der Waals surface area contributed by atoms with Crippen molar-refractivity contribution in [2.45, 2.75) is 25.7 Å². The molecule has 0 saturated carbocycles. The molecule has 0 saturated heterocycles. The topological polar surface area (TPSA) is 26.0 Å². The molecule has 11 heavy (non-hydrogen) atoms. The zero-order valence-corrected chi connectivity index (χ0v) is 6.80. The molecule has 2 N–H and O–H groups in total. The van der Waals surface area contributed by atoms with Crippen LogP contribution in [0.1, 0.15) is 30.4 Å². The highest BCUT2D eigenvalue weighted by molar-refractivity contribution is 5.47. The van der Waals surface area contributed by atoms with Crippen LogP contribution in [0, 0.1) is 0 Å². The molecule has 1 nitrogen and oxygen atoms in total. The maximum atomic E-state index is 5.68.